The van der Waals surface area contributed by atoms with Gasteiger partial charge in [-0.2, -0.15) is 0 Å². The van der Waals surface area contributed by atoms with Crippen LogP contribution in [0.4, 0.5) is 21.5 Å². The third kappa shape index (κ3) is 2.64. The molecule has 0 saturated carbocycles. The van der Waals surface area contributed by atoms with Crippen molar-refractivity contribution in [2.75, 3.05) is 11.1 Å². The monoisotopic (exact) mass is 236 g/mol. The molecule has 2 aromatic carbocycles. The highest BCUT2D eigenvalue weighted by molar-refractivity contribution is 6.30. The van der Waals surface area contributed by atoms with Crippen molar-refractivity contribution < 1.29 is 4.39 Å². The van der Waals surface area contributed by atoms with Gasteiger partial charge in [-0.1, -0.05) is 17.7 Å². The van der Waals surface area contributed by atoms with Crippen LogP contribution in [0.2, 0.25) is 5.02 Å². The van der Waals surface area contributed by atoms with Gasteiger partial charge in [-0.15, -0.1) is 0 Å². The van der Waals surface area contributed by atoms with E-state index in [9.17, 15) is 4.39 Å². The average Bonchev–Trinajstić information content (AvgIpc) is 2.15. The van der Waals surface area contributed by atoms with Gasteiger partial charge in [0.15, 0.2) is 0 Å². The molecule has 16 heavy (non-hydrogen) atoms. The summed E-state index contributed by atoms with van der Waals surface area (Å²) in [4.78, 5) is 0. The zero-order chi connectivity index (χ0) is 11.5. The number of benzene rings is 2. The number of hydrogen-bond acceptors (Lipinski definition) is 2. The summed E-state index contributed by atoms with van der Waals surface area (Å²) in [5, 5.41) is 3.38. The van der Waals surface area contributed by atoms with E-state index in [1.165, 1.54) is 12.1 Å². The largest absolute Gasteiger partial charge is 0.399 e. The van der Waals surface area contributed by atoms with Gasteiger partial charge in [-0.3, -0.25) is 0 Å². The smallest absolute Gasteiger partial charge is 0.126 e. The number of nitrogen functional groups attached to an aromatic ring is 1. The number of nitrogens with one attached hydrogen (secondary N) is 1. The van der Waals surface area contributed by atoms with Crippen LogP contribution in [0.15, 0.2) is 42.5 Å². The Morgan fingerprint density at radius 1 is 1.06 bits per heavy atom. The van der Waals surface area contributed by atoms with Gasteiger partial charge < -0.3 is 11.1 Å². The molecule has 0 aliphatic carbocycles. The minimum Gasteiger partial charge on any atom is -0.399 e. The van der Waals surface area contributed by atoms with Crippen LogP contribution in [-0.4, -0.2) is 0 Å². The van der Waals surface area contributed by atoms with Crippen LogP contribution >= 0.6 is 11.6 Å². The van der Waals surface area contributed by atoms with Crippen LogP contribution in [-0.2, 0) is 0 Å². The Labute approximate surface area is 97.8 Å². The maximum atomic E-state index is 13.1. The summed E-state index contributed by atoms with van der Waals surface area (Å²) in [6, 6.07) is 11.5. The van der Waals surface area contributed by atoms with Crippen molar-refractivity contribution in [2.24, 2.45) is 0 Å². The lowest BCUT2D eigenvalue weighted by Gasteiger charge is -2.07. The lowest BCUT2D eigenvalue weighted by atomic mass is 10.2. The van der Waals surface area contributed by atoms with Crippen molar-refractivity contribution in [1.29, 1.82) is 0 Å². The first-order chi connectivity index (χ1) is 7.63. The van der Waals surface area contributed by atoms with Crippen LogP contribution in [0.3, 0.4) is 0 Å². The van der Waals surface area contributed by atoms with E-state index in [1.807, 2.05) is 12.1 Å². The van der Waals surface area contributed by atoms with Crippen LogP contribution < -0.4 is 11.1 Å². The first-order valence-corrected chi connectivity index (χ1v) is 5.10. The zero-order valence-electron chi connectivity index (χ0n) is 8.37. The van der Waals surface area contributed by atoms with E-state index >= 15 is 0 Å². The Hall–Kier alpha value is -1.74. The van der Waals surface area contributed by atoms with Gasteiger partial charge in [0.25, 0.3) is 0 Å². The Kier molecular flexibility index (Phi) is 2.97. The lowest BCUT2D eigenvalue weighted by Crippen LogP contribution is -1.92. The van der Waals surface area contributed by atoms with Crippen LogP contribution in [0, 0.1) is 5.82 Å². The number of anilines is 3. The molecule has 0 heterocycles. The minimum atomic E-state index is -0.376. The predicted octanol–water partition coefficient (Wildman–Crippen LogP) is 3.80. The fraction of sp³-hybridized carbons (Fsp3) is 0. The molecule has 2 nitrogen and oxygen atoms in total. The molecule has 3 N–H and O–H groups in total. The third-order valence-electron chi connectivity index (χ3n) is 2.04. The molecule has 4 heteroatoms. The molecule has 82 valence electrons. The second kappa shape index (κ2) is 4.41. The number of hydrogen-bond donors (Lipinski definition) is 2. The molecule has 0 aromatic heterocycles. The molecule has 0 bridgehead atoms. The number of halogens is 2. The van der Waals surface area contributed by atoms with E-state index in [4.69, 9.17) is 17.3 Å². The van der Waals surface area contributed by atoms with Crippen molar-refractivity contribution in [3.05, 3.63) is 53.3 Å². The summed E-state index contributed by atoms with van der Waals surface area (Å²) < 4.78 is 13.1. The molecule has 0 unspecified atom stereocenters. The Balaban J connectivity index is 2.27. The van der Waals surface area contributed by atoms with Crippen molar-refractivity contribution in [1.82, 2.24) is 0 Å². The molecule has 0 aliphatic heterocycles. The minimum absolute atomic E-state index is 0.353. The maximum absolute atomic E-state index is 13.1. The fourth-order valence-corrected chi connectivity index (χ4v) is 1.63. The second-order valence-electron chi connectivity index (χ2n) is 3.41. The van der Waals surface area contributed by atoms with Crippen molar-refractivity contribution in [3.8, 4) is 0 Å². The highest BCUT2D eigenvalue weighted by Crippen LogP contribution is 2.22. The van der Waals surface area contributed by atoms with Crippen LogP contribution in [0.5, 0.6) is 0 Å². The predicted molar refractivity (Wildman–Crippen MR) is 65.5 cm³/mol. The summed E-state index contributed by atoms with van der Waals surface area (Å²) in [5.41, 5.74) is 7.66. The van der Waals surface area contributed by atoms with Crippen molar-refractivity contribution >= 4 is 28.7 Å². The van der Waals surface area contributed by atoms with Crippen molar-refractivity contribution in [3.63, 3.8) is 0 Å². The molecule has 2 aromatic rings. The zero-order valence-corrected chi connectivity index (χ0v) is 9.13. The third-order valence-corrected chi connectivity index (χ3v) is 2.26. The average molecular weight is 237 g/mol. The van der Waals surface area contributed by atoms with E-state index in [0.717, 1.165) is 5.69 Å². The molecular weight excluding hydrogens is 227 g/mol. The first kappa shape index (κ1) is 10.8. The van der Waals surface area contributed by atoms with Gasteiger partial charge in [0.1, 0.15) is 5.82 Å². The standard InChI is InChI=1S/C12H10ClFN2/c13-8-4-9(14)6-12(5-8)16-11-3-1-2-10(15)7-11/h1-7,16H,15H2. The summed E-state index contributed by atoms with van der Waals surface area (Å²) in [6.07, 6.45) is 0. The number of rotatable bonds is 2. The molecule has 2 rings (SSSR count). The lowest BCUT2D eigenvalue weighted by molar-refractivity contribution is 0.628. The molecule has 0 fully saturated rings. The van der Waals surface area contributed by atoms with Crippen molar-refractivity contribution in [2.45, 2.75) is 0 Å². The Morgan fingerprint density at radius 2 is 1.88 bits per heavy atom. The van der Waals surface area contributed by atoms with Gasteiger partial charge in [0.2, 0.25) is 0 Å². The summed E-state index contributed by atoms with van der Waals surface area (Å²) >= 11 is 5.74. The molecule has 0 amide bonds. The van der Waals surface area contributed by atoms with Gasteiger partial charge in [0, 0.05) is 22.1 Å². The van der Waals surface area contributed by atoms with E-state index in [0.29, 0.717) is 16.4 Å². The van der Waals surface area contributed by atoms with Gasteiger partial charge in [0.05, 0.1) is 0 Å². The van der Waals surface area contributed by atoms with Gasteiger partial charge in [-0.25, -0.2) is 4.39 Å². The summed E-state index contributed by atoms with van der Waals surface area (Å²) in [6.45, 7) is 0. The highest BCUT2D eigenvalue weighted by atomic mass is 35.5. The van der Waals surface area contributed by atoms with Crippen LogP contribution in [0.1, 0.15) is 0 Å². The molecule has 0 radical (unpaired) electrons. The van der Waals surface area contributed by atoms with Crippen LogP contribution in [0.25, 0.3) is 0 Å². The molecule has 0 saturated heterocycles. The maximum Gasteiger partial charge on any atom is 0.126 e. The van der Waals surface area contributed by atoms with E-state index in [2.05, 4.69) is 5.32 Å². The van der Waals surface area contributed by atoms with E-state index in [1.54, 1.807) is 18.2 Å². The Morgan fingerprint density at radius 3 is 2.56 bits per heavy atom. The van der Waals surface area contributed by atoms with Gasteiger partial charge >= 0.3 is 0 Å². The second-order valence-corrected chi connectivity index (χ2v) is 3.85. The molecular formula is C12H10ClFN2. The summed E-state index contributed by atoms with van der Waals surface area (Å²) in [5.74, 6) is -0.376. The molecule has 0 spiro atoms. The molecule has 0 aliphatic rings. The number of nitrogens with two attached hydrogens (primary N) is 1. The normalized spacial score (nSPS) is 10.1. The fourth-order valence-electron chi connectivity index (χ4n) is 1.41. The van der Waals surface area contributed by atoms with E-state index in [-0.39, 0.29) is 5.82 Å². The van der Waals surface area contributed by atoms with E-state index < -0.39 is 0 Å². The quantitative estimate of drug-likeness (QED) is 0.779. The molecule has 0 atom stereocenters. The highest BCUT2D eigenvalue weighted by Gasteiger charge is 2.00. The summed E-state index contributed by atoms with van der Waals surface area (Å²) in [7, 11) is 0. The first-order valence-electron chi connectivity index (χ1n) is 4.72. The SMILES string of the molecule is Nc1cccc(Nc2cc(F)cc(Cl)c2)c1. The van der Waals surface area contributed by atoms with Gasteiger partial charge in [-0.05, 0) is 36.4 Å². The Bertz CT molecular complexity index is 494. The topological polar surface area (TPSA) is 38.0 Å².